The number of aliphatic hydroxyl groups is 1. The normalized spacial score (nSPS) is 16.4. The number of ketones is 1. The van der Waals surface area contributed by atoms with Crippen molar-refractivity contribution in [1.82, 2.24) is 4.98 Å². The highest BCUT2D eigenvalue weighted by molar-refractivity contribution is 14.1. The van der Waals surface area contributed by atoms with Crippen LogP contribution < -0.4 is 4.90 Å². The van der Waals surface area contributed by atoms with Crippen molar-refractivity contribution < 1.29 is 19.1 Å². The summed E-state index contributed by atoms with van der Waals surface area (Å²) in [7, 11) is 0. The van der Waals surface area contributed by atoms with Crippen molar-refractivity contribution in [3.05, 3.63) is 92.1 Å². The molecule has 1 N–H and O–H groups in total. The first-order valence-corrected chi connectivity index (χ1v) is 11.7. The highest BCUT2D eigenvalue weighted by Crippen LogP contribution is 2.44. The summed E-state index contributed by atoms with van der Waals surface area (Å²) in [6.45, 7) is 3.72. The second-order valence-electron chi connectivity index (χ2n) is 7.60. The van der Waals surface area contributed by atoms with Crippen LogP contribution in [0.4, 0.5) is 5.13 Å². The Balaban J connectivity index is 1.68. The molecule has 0 bridgehead atoms. The Kier molecular flexibility index (Phi) is 5.13. The first kappa shape index (κ1) is 20.9. The van der Waals surface area contributed by atoms with Crippen LogP contribution in [0.25, 0.3) is 10.2 Å². The Morgan fingerprint density at radius 2 is 1.88 bits per heavy atom. The summed E-state index contributed by atoms with van der Waals surface area (Å²) in [6, 6.07) is 15.8. The third-order valence-electron chi connectivity index (χ3n) is 5.34. The first-order valence-electron chi connectivity index (χ1n) is 9.84. The van der Waals surface area contributed by atoms with Gasteiger partial charge in [0.05, 0.1) is 21.8 Å². The Morgan fingerprint density at radius 1 is 1.12 bits per heavy atom. The Morgan fingerprint density at radius 3 is 2.56 bits per heavy atom. The molecule has 3 heterocycles. The van der Waals surface area contributed by atoms with Gasteiger partial charge in [0.15, 0.2) is 16.7 Å². The van der Waals surface area contributed by atoms with Crippen molar-refractivity contribution in [2.75, 3.05) is 4.90 Å². The van der Waals surface area contributed by atoms with Crippen LogP contribution >= 0.6 is 33.9 Å². The monoisotopic (exact) mass is 556 g/mol. The number of hydrogen-bond donors (Lipinski definition) is 1. The van der Waals surface area contributed by atoms with Gasteiger partial charge in [-0.05, 0) is 84.0 Å². The Bertz CT molecular complexity index is 1420. The molecule has 6 nitrogen and oxygen atoms in total. The number of halogens is 1. The number of carbonyl (C=O) groups excluding carboxylic acids is 2. The second-order valence-corrected chi connectivity index (χ2v) is 9.85. The number of Topliss-reactive ketones (excluding diaryl/α,β-unsaturated/α-hetero) is 1. The molecule has 0 aliphatic carbocycles. The standard InChI is InChI=1S/C24H17IN2O4S/c1-12-3-9-16-18(11-12)32-24(26-16)27-20(14-5-7-15(25)8-6-14)19(22(29)23(27)30)21(28)17-10-4-13(2)31-17/h3-11,20,29H,1-2H3. The molecule has 2 aromatic carbocycles. The predicted octanol–water partition coefficient (Wildman–Crippen LogP) is 5.89. The highest BCUT2D eigenvalue weighted by atomic mass is 127. The van der Waals surface area contributed by atoms with Gasteiger partial charge >= 0.3 is 0 Å². The summed E-state index contributed by atoms with van der Waals surface area (Å²) in [4.78, 5) is 32.6. The van der Waals surface area contributed by atoms with Gasteiger partial charge in [-0.3, -0.25) is 14.5 Å². The van der Waals surface area contributed by atoms with Crippen molar-refractivity contribution in [2.45, 2.75) is 19.9 Å². The van der Waals surface area contributed by atoms with Gasteiger partial charge in [-0.2, -0.15) is 0 Å². The van der Waals surface area contributed by atoms with Crippen molar-refractivity contribution in [3.8, 4) is 0 Å². The van der Waals surface area contributed by atoms with Gasteiger partial charge < -0.3 is 9.52 Å². The lowest BCUT2D eigenvalue weighted by molar-refractivity contribution is -0.117. The second kappa shape index (κ2) is 7.86. The summed E-state index contributed by atoms with van der Waals surface area (Å²) < 4.78 is 7.45. The zero-order chi connectivity index (χ0) is 22.6. The largest absolute Gasteiger partial charge is 0.503 e. The fourth-order valence-corrected chi connectivity index (χ4v) is 5.26. The number of rotatable bonds is 4. The number of benzene rings is 2. The van der Waals surface area contributed by atoms with Crippen molar-refractivity contribution >= 4 is 61.0 Å². The molecule has 32 heavy (non-hydrogen) atoms. The number of aromatic nitrogens is 1. The van der Waals surface area contributed by atoms with Crippen LogP contribution in [0, 0.1) is 17.4 Å². The van der Waals surface area contributed by atoms with E-state index in [1.54, 1.807) is 19.1 Å². The number of anilines is 1. The molecule has 1 amide bonds. The van der Waals surface area contributed by atoms with E-state index in [4.69, 9.17) is 4.42 Å². The number of aryl methyl sites for hydroxylation is 2. The third kappa shape index (κ3) is 3.43. The van der Waals surface area contributed by atoms with Crippen LogP contribution in [-0.2, 0) is 4.79 Å². The maximum atomic E-state index is 13.4. The highest BCUT2D eigenvalue weighted by Gasteiger charge is 2.46. The quantitative estimate of drug-likeness (QED) is 0.250. The van der Waals surface area contributed by atoms with Crippen LogP contribution in [0.2, 0.25) is 0 Å². The number of aliphatic hydroxyl groups excluding tert-OH is 1. The molecule has 4 aromatic rings. The van der Waals surface area contributed by atoms with Gasteiger partial charge in [-0.25, -0.2) is 4.98 Å². The smallest absolute Gasteiger partial charge is 0.296 e. The van der Waals surface area contributed by atoms with E-state index in [9.17, 15) is 14.7 Å². The van der Waals surface area contributed by atoms with Crippen LogP contribution in [0.15, 0.2) is 70.3 Å². The molecule has 0 spiro atoms. The molecule has 8 heteroatoms. The van der Waals surface area contributed by atoms with Crippen LogP contribution in [0.5, 0.6) is 0 Å². The van der Waals surface area contributed by atoms with E-state index < -0.39 is 23.5 Å². The summed E-state index contributed by atoms with van der Waals surface area (Å²) in [6.07, 6.45) is 0. The van der Waals surface area contributed by atoms with E-state index in [2.05, 4.69) is 27.6 Å². The Labute approximate surface area is 201 Å². The van der Waals surface area contributed by atoms with E-state index >= 15 is 0 Å². The van der Waals surface area contributed by atoms with Gasteiger partial charge in [-0.15, -0.1) is 0 Å². The zero-order valence-corrected chi connectivity index (χ0v) is 20.1. The van der Waals surface area contributed by atoms with E-state index in [1.807, 2.05) is 49.4 Å². The molecular weight excluding hydrogens is 539 g/mol. The number of nitrogens with zero attached hydrogens (tertiary/aromatic N) is 2. The Hall–Kier alpha value is -2.98. The van der Waals surface area contributed by atoms with Crippen LogP contribution in [0.1, 0.15) is 33.5 Å². The van der Waals surface area contributed by atoms with Gasteiger partial charge in [0.25, 0.3) is 5.91 Å². The fraction of sp³-hybridized carbons (Fsp3) is 0.125. The number of carbonyl (C=O) groups is 2. The maximum Gasteiger partial charge on any atom is 0.296 e. The maximum absolute atomic E-state index is 13.4. The van der Waals surface area contributed by atoms with Crippen molar-refractivity contribution in [1.29, 1.82) is 0 Å². The lowest BCUT2D eigenvalue weighted by Gasteiger charge is -2.24. The van der Waals surface area contributed by atoms with Crippen LogP contribution in [0.3, 0.4) is 0 Å². The van der Waals surface area contributed by atoms with E-state index in [0.717, 1.165) is 19.4 Å². The lowest BCUT2D eigenvalue weighted by Crippen LogP contribution is -2.30. The molecule has 1 aliphatic rings. The minimum Gasteiger partial charge on any atom is -0.503 e. The van der Waals surface area contributed by atoms with Crippen molar-refractivity contribution in [3.63, 3.8) is 0 Å². The molecule has 1 aliphatic heterocycles. The van der Waals surface area contributed by atoms with E-state index in [1.165, 1.54) is 16.2 Å². The number of thiazole rings is 1. The summed E-state index contributed by atoms with van der Waals surface area (Å²) in [5.74, 6) is -1.11. The molecular formula is C24H17IN2O4S. The zero-order valence-electron chi connectivity index (χ0n) is 17.1. The lowest BCUT2D eigenvalue weighted by atomic mass is 9.95. The molecule has 1 atom stereocenters. The van der Waals surface area contributed by atoms with Gasteiger partial charge in [0, 0.05) is 3.57 Å². The average Bonchev–Trinajstić information content (AvgIpc) is 3.44. The van der Waals surface area contributed by atoms with Gasteiger partial charge in [0.2, 0.25) is 5.78 Å². The summed E-state index contributed by atoms with van der Waals surface area (Å²) in [5.41, 5.74) is 2.52. The SMILES string of the molecule is Cc1ccc2nc(N3C(=O)C(O)=C(C(=O)c4ccc(C)o4)C3c3ccc(I)cc3)sc2c1. The van der Waals surface area contributed by atoms with Gasteiger partial charge in [0.1, 0.15) is 5.76 Å². The van der Waals surface area contributed by atoms with E-state index in [-0.39, 0.29) is 11.3 Å². The first-order chi connectivity index (χ1) is 15.3. The minimum absolute atomic E-state index is 0.0130. The number of fused-ring (bicyclic) bond motifs is 1. The molecule has 5 rings (SSSR count). The van der Waals surface area contributed by atoms with Crippen molar-refractivity contribution in [2.24, 2.45) is 0 Å². The van der Waals surface area contributed by atoms with E-state index in [0.29, 0.717) is 16.5 Å². The molecule has 1 unspecified atom stereocenters. The number of amides is 1. The summed E-state index contributed by atoms with van der Waals surface area (Å²) >= 11 is 3.54. The van der Waals surface area contributed by atoms with Crippen LogP contribution in [-0.4, -0.2) is 21.8 Å². The topological polar surface area (TPSA) is 83.6 Å². The third-order valence-corrected chi connectivity index (χ3v) is 7.08. The molecule has 0 saturated carbocycles. The minimum atomic E-state index is -0.820. The predicted molar refractivity (Wildman–Crippen MR) is 131 cm³/mol. The molecule has 160 valence electrons. The molecule has 0 radical (unpaired) electrons. The van der Waals surface area contributed by atoms with Gasteiger partial charge in [-0.1, -0.05) is 29.5 Å². The average molecular weight is 556 g/mol. The number of furan rings is 1. The molecule has 0 fully saturated rings. The fourth-order valence-electron chi connectivity index (χ4n) is 3.81. The number of hydrogen-bond acceptors (Lipinski definition) is 6. The molecule has 2 aromatic heterocycles. The summed E-state index contributed by atoms with van der Waals surface area (Å²) in [5, 5.41) is 11.3. The molecule has 0 saturated heterocycles.